The Morgan fingerprint density at radius 1 is 0.444 bits per heavy atom. The number of rotatable bonds is 3. The smallest absolute Gasteiger partial charge is 0.169 e. The molecule has 0 fully saturated rings. The van der Waals surface area contributed by atoms with Crippen LogP contribution in [0, 0.1) is 0 Å². The highest BCUT2D eigenvalue weighted by Gasteiger charge is 2.04. The van der Waals surface area contributed by atoms with Crippen LogP contribution in [0.3, 0.4) is 0 Å². The predicted octanol–water partition coefficient (Wildman–Crippen LogP) is 2.66. The maximum Gasteiger partial charge on any atom is 0.169 e. The minimum atomic E-state index is -3.92. The Hall–Kier alpha value is -3.44. The lowest BCUT2D eigenvalue weighted by molar-refractivity contribution is -0.671. The van der Waals surface area contributed by atoms with E-state index in [9.17, 15) is 0 Å². The summed E-state index contributed by atoms with van der Waals surface area (Å²) in [5.74, 6) is 0. The molecule has 2 heterocycles. The van der Waals surface area contributed by atoms with Crippen LogP contribution in [0.2, 0.25) is 0 Å². The molecule has 4 rings (SSSR count). The van der Waals surface area contributed by atoms with Crippen LogP contribution in [0.15, 0.2) is 97.6 Å². The highest BCUT2D eigenvalue weighted by molar-refractivity contribution is 7.85. The summed E-state index contributed by atoms with van der Waals surface area (Å²) in [7, 11) is -3.77. The topological polar surface area (TPSA) is 122 Å². The molecule has 0 saturated heterocycles. The lowest BCUT2D eigenvalue weighted by Gasteiger charge is -2.06. The van der Waals surface area contributed by atoms with Crippen LogP contribution in [-0.4, -0.2) is 38.5 Å². The molecule has 0 radical (unpaired) electrons. The van der Waals surface area contributed by atoms with Crippen LogP contribution < -0.4 is 9.13 Å². The summed E-state index contributed by atoms with van der Waals surface area (Å²) in [4.78, 5) is 0. The van der Waals surface area contributed by atoms with Gasteiger partial charge in [0.15, 0.2) is 24.8 Å². The van der Waals surface area contributed by atoms with Gasteiger partial charge < -0.3 is 9.11 Å². The molecule has 0 atom stereocenters. The summed E-state index contributed by atoms with van der Waals surface area (Å²) in [5, 5.41) is 0. The number of pyridine rings is 2. The van der Waals surface area contributed by atoms with Crippen LogP contribution >= 0.6 is 0 Å². The first kappa shape index (κ1) is 28.8. The molecule has 0 N–H and O–H groups in total. The average molecular weight is 529 g/mol. The molecule has 0 bridgehead atoms. The number of aromatic nitrogens is 2. The Kier molecular flexibility index (Phi) is 10.00. The van der Waals surface area contributed by atoms with Crippen molar-refractivity contribution in [1.29, 1.82) is 0 Å². The predicted molar refractivity (Wildman–Crippen MR) is 136 cm³/mol. The number of hydrogen-bond acceptors (Lipinski definition) is 6. The molecule has 0 amide bonds. The summed E-state index contributed by atoms with van der Waals surface area (Å²) in [5.41, 5.74) is 7.43. The largest absolute Gasteiger partial charge is 0.748 e. The third kappa shape index (κ3) is 11.3. The molecule has 0 aliphatic heterocycles. The fourth-order valence-electron chi connectivity index (χ4n) is 3.10. The highest BCUT2D eigenvalue weighted by Crippen LogP contribution is 2.26. The van der Waals surface area contributed by atoms with E-state index < -0.39 is 20.2 Å². The van der Waals surface area contributed by atoms with Gasteiger partial charge in [-0.1, -0.05) is 48.5 Å². The monoisotopic (exact) mass is 528 g/mol. The molecular formula is C26H28N2O6S2. The molecule has 0 aliphatic carbocycles. The van der Waals surface area contributed by atoms with Crippen molar-refractivity contribution in [2.45, 2.75) is 0 Å². The van der Waals surface area contributed by atoms with Gasteiger partial charge in [0.25, 0.3) is 0 Å². The lowest BCUT2D eigenvalue weighted by atomic mass is 9.99. The molecule has 2 aromatic heterocycles. The quantitative estimate of drug-likeness (QED) is 0.298. The van der Waals surface area contributed by atoms with Gasteiger partial charge in [-0.15, -0.1) is 0 Å². The van der Waals surface area contributed by atoms with Gasteiger partial charge >= 0.3 is 0 Å². The van der Waals surface area contributed by atoms with E-state index >= 15 is 0 Å². The highest BCUT2D eigenvalue weighted by atomic mass is 32.2. The van der Waals surface area contributed by atoms with Gasteiger partial charge in [-0.2, -0.15) is 0 Å². The summed E-state index contributed by atoms with van der Waals surface area (Å²) >= 11 is 0. The van der Waals surface area contributed by atoms with Gasteiger partial charge in [0.05, 0.1) is 20.2 Å². The summed E-state index contributed by atoms with van der Waals surface area (Å²) < 4.78 is 58.6. The molecule has 0 aliphatic rings. The van der Waals surface area contributed by atoms with Gasteiger partial charge in [0, 0.05) is 36.8 Å². The van der Waals surface area contributed by atoms with Crippen LogP contribution in [0.4, 0.5) is 0 Å². The molecule has 0 spiro atoms. The number of hydrogen-bond donors (Lipinski definition) is 0. The molecule has 10 heteroatoms. The Balaban J connectivity index is 0.000000389. The summed E-state index contributed by atoms with van der Waals surface area (Å²) in [6.07, 6.45) is 9.51. The van der Waals surface area contributed by atoms with Gasteiger partial charge in [-0.05, 0) is 33.4 Å². The Morgan fingerprint density at radius 3 is 0.750 bits per heavy atom. The van der Waals surface area contributed by atoms with Crippen LogP contribution in [0.5, 0.6) is 0 Å². The van der Waals surface area contributed by atoms with Gasteiger partial charge in [-0.25, -0.2) is 26.0 Å². The average Bonchev–Trinajstić information content (AvgIpc) is 2.78. The zero-order chi connectivity index (χ0) is 26.9. The fourth-order valence-corrected chi connectivity index (χ4v) is 3.10. The Bertz CT molecular complexity index is 1330. The first-order valence-corrected chi connectivity index (χ1v) is 14.3. The SMILES string of the molecule is CS(=O)(=O)[O-].CS(=O)(=O)[O-].C[n+]1ccc(-c2ccc(-c3ccc(-c4cc[n+](C)cc4)cc3)cc2)cc1. The molecule has 4 aromatic rings. The standard InChI is InChI=1S/C24H22N2.2CH4O3S/c1-25-15-11-23(12-16-25)21-7-3-19(4-8-21)20-5-9-22(10-6-20)24-13-17-26(2)18-14-24;2*1-5(2,3)4/h3-18H,1-2H3;2*1H3,(H,2,3,4)/q+2;;/p-2. The molecule has 190 valence electrons. The second kappa shape index (κ2) is 12.5. The molecule has 0 unspecified atom stereocenters. The normalized spacial score (nSPS) is 10.9. The van der Waals surface area contributed by atoms with Crippen molar-refractivity contribution in [2.24, 2.45) is 14.1 Å². The molecule has 8 nitrogen and oxygen atoms in total. The van der Waals surface area contributed by atoms with E-state index in [2.05, 4.69) is 97.6 Å². The Labute approximate surface area is 212 Å². The van der Waals surface area contributed by atoms with Crippen molar-refractivity contribution in [3.8, 4) is 33.4 Å². The van der Waals surface area contributed by atoms with E-state index in [1.54, 1.807) is 0 Å². The van der Waals surface area contributed by atoms with Gasteiger partial charge in [0.1, 0.15) is 14.1 Å². The van der Waals surface area contributed by atoms with Crippen molar-refractivity contribution >= 4 is 20.2 Å². The van der Waals surface area contributed by atoms with Crippen molar-refractivity contribution in [2.75, 3.05) is 12.5 Å². The second-order valence-corrected chi connectivity index (χ2v) is 10.9. The maximum atomic E-state index is 9.08. The third-order valence-electron chi connectivity index (χ3n) is 4.73. The lowest BCUT2D eigenvalue weighted by Crippen LogP contribution is -2.25. The van der Waals surface area contributed by atoms with Crippen molar-refractivity contribution in [3.63, 3.8) is 0 Å². The first-order valence-electron chi connectivity index (χ1n) is 10.6. The van der Waals surface area contributed by atoms with E-state index in [1.165, 1.54) is 33.4 Å². The van der Waals surface area contributed by atoms with Crippen molar-refractivity contribution < 1.29 is 35.1 Å². The Morgan fingerprint density at radius 2 is 0.583 bits per heavy atom. The summed E-state index contributed by atoms with van der Waals surface area (Å²) in [6, 6.07) is 26.1. The van der Waals surface area contributed by atoms with Crippen LogP contribution in [-0.2, 0) is 34.3 Å². The molecule has 2 aromatic carbocycles. The number of nitrogens with zero attached hydrogens (tertiary/aromatic N) is 2. The van der Waals surface area contributed by atoms with Crippen LogP contribution in [0.25, 0.3) is 33.4 Å². The fraction of sp³-hybridized carbons (Fsp3) is 0.154. The molecular weight excluding hydrogens is 500 g/mol. The number of aryl methyl sites for hydroxylation is 2. The molecule has 0 saturated carbocycles. The number of benzene rings is 2. The van der Waals surface area contributed by atoms with Gasteiger partial charge in [-0.3, -0.25) is 0 Å². The van der Waals surface area contributed by atoms with E-state index in [4.69, 9.17) is 25.9 Å². The van der Waals surface area contributed by atoms with E-state index in [0.29, 0.717) is 12.5 Å². The van der Waals surface area contributed by atoms with E-state index in [-0.39, 0.29) is 0 Å². The first-order chi connectivity index (χ1) is 16.7. The van der Waals surface area contributed by atoms with Crippen LogP contribution in [0.1, 0.15) is 0 Å². The summed E-state index contributed by atoms with van der Waals surface area (Å²) in [6.45, 7) is 0. The van der Waals surface area contributed by atoms with Gasteiger partial charge in [0.2, 0.25) is 0 Å². The second-order valence-electron chi connectivity index (χ2n) is 8.07. The van der Waals surface area contributed by atoms with Crippen molar-refractivity contribution in [3.05, 3.63) is 97.6 Å². The third-order valence-corrected chi connectivity index (χ3v) is 4.73. The van der Waals surface area contributed by atoms with E-state index in [0.717, 1.165) is 0 Å². The van der Waals surface area contributed by atoms with Crippen molar-refractivity contribution in [1.82, 2.24) is 0 Å². The van der Waals surface area contributed by atoms with E-state index in [1.807, 2.05) is 23.2 Å². The minimum absolute atomic E-state index is 0.604. The zero-order valence-electron chi connectivity index (χ0n) is 20.4. The minimum Gasteiger partial charge on any atom is -0.748 e. The zero-order valence-corrected chi connectivity index (χ0v) is 22.0. The molecule has 36 heavy (non-hydrogen) atoms. The maximum absolute atomic E-state index is 9.08.